The highest BCUT2D eigenvalue weighted by Crippen LogP contribution is 2.33. The van der Waals surface area contributed by atoms with Gasteiger partial charge in [-0.25, -0.2) is 22.8 Å². The van der Waals surface area contributed by atoms with E-state index in [9.17, 15) is 33.0 Å². The highest BCUT2D eigenvalue weighted by Gasteiger charge is 2.33. The third-order valence-electron chi connectivity index (χ3n) is 5.71. The number of rotatable bonds is 6. The van der Waals surface area contributed by atoms with Gasteiger partial charge in [-0.15, -0.1) is 0 Å². The van der Waals surface area contributed by atoms with Crippen LogP contribution in [-0.4, -0.2) is 58.7 Å². The summed E-state index contributed by atoms with van der Waals surface area (Å²) in [7, 11) is -4.22. The fourth-order valence-corrected chi connectivity index (χ4v) is 5.26. The van der Waals surface area contributed by atoms with Gasteiger partial charge in [0.2, 0.25) is 10.0 Å². The summed E-state index contributed by atoms with van der Waals surface area (Å²) in [5.74, 6) is 0.183. The van der Waals surface area contributed by atoms with Gasteiger partial charge in [0.05, 0.1) is 20.4 Å². The Hall–Kier alpha value is -4.04. The Kier molecular flexibility index (Phi) is 6.41. The molecule has 35 heavy (non-hydrogen) atoms. The molecule has 2 aromatic carbocycles. The third kappa shape index (κ3) is 4.79. The van der Waals surface area contributed by atoms with E-state index in [1.54, 1.807) is 18.2 Å². The molecular weight excluding hydrogens is 483 g/mol. The van der Waals surface area contributed by atoms with Crippen LogP contribution in [0.2, 0.25) is 0 Å². The maximum absolute atomic E-state index is 13.2. The quantitative estimate of drug-likeness (QED) is 0.366. The van der Waals surface area contributed by atoms with E-state index in [1.165, 1.54) is 25.4 Å². The van der Waals surface area contributed by atoms with Crippen molar-refractivity contribution >= 4 is 27.2 Å². The van der Waals surface area contributed by atoms with Crippen molar-refractivity contribution in [2.24, 2.45) is 0 Å². The lowest BCUT2D eigenvalue weighted by molar-refractivity contribution is -0.395. The molecule has 0 amide bonds. The summed E-state index contributed by atoms with van der Waals surface area (Å²) in [6, 6.07) is 9.23. The maximum atomic E-state index is 13.2. The topological polar surface area (TPSA) is 153 Å². The molecule has 1 aliphatic heterocycles. The van der Waals surface area contributed by atoms with Gasteiger partial charge in [-0.05, 0) is 31.2 Å². The molecule has 0 saturated carbocycles. The molecule has 3 aromatic rings. The fourth-order valence-electron chi connectivity index (χ4n) is 3.79. The number of hydrogen-bond donors (Lipinski definition) is 0. The van der Waals surface area contributed by atoms with Crippen LogP contribution in [-0.2, 0) is 10.0 Å². The highest BCUT2D eigenvalue weighted by atomic mass is 32.2. The monoisotopic (exact) mass is 502 g/mol. The highest BCUT2D eigenvalue weighted by molar-refractivity contribution is 7.89. The van der Waals surface area contributed by atoms with Gasteiger partial charge >= 0.3 is 0 Å². The van der Waals surface area contributed by atoms with Gasteiger partial charge in [0.1, 0.15) is 23.5 Å². The number of piperazine rings is 1. The summed E-state index contributed by atoms with van der Waals surface area (Å²) in [6.45, 7) is 1.79. The predicted octanol–water partition coefficient (Wildman–Crippen LogP) is 2.92. The van der Waals surface area contributed by atoms with E-state index in [1.807, 2.05) is 4.90 Å². The Morgan fingerprint density at radius 3 is 2.03 bits per heavy atom. The second-order valence-electron chi connectivity index (χ2n) is 7.76. The van der Waals surface area contributed by atoms with Crippen molar-refractivity contribution in [2.75, 3.05) is 31.1 Å². The first kappa shape index (κ1) is 24.1. The number of nitro groups is 2. The zero-order valence-electron chi connectivity index (χ0n) is 18.4. The number of nitro benzene ring substituents is 2. The number of sulfonamides is 1. The minimum atomic E-state index is -4.22. The van der Waals surface area contributed by atoms with E-state index in [0.29, 0.717) is 17.1 Å². The molecular formula is C21H19FN6O6S. The van der Waals surface area contributed by atoms with Crippen molar-refractivity contribution in [3.8, 4) is 11.3 Å². The van der Waals surface area contributed by atoms with E-state index < -0.39 is 36.1 Å². The molecule has 1 fully saturated rings. The number of anilines is 1. The van der Waals surface area contributed by atoms with Crippen molar-refractivity contribution in [3.05, 3.63) is 80.4 Å². The van der Waals surface area contributed by atoms with Crippen LogP contribution in [0.5, 0.6) is 0 Å². The lowest BCUT2D eigenvalue weighted by Crippen LogP contribution is -2.49. The van der Waals surface area contributed by atoms with Crippen LogP contribution in [0.1, 0.15) is 5.56 Å². The number of halogens is 1. The van der Waals surface area contributed by atoms with E-state index in [0.717, 1.165) is 16.4 Å². The van der Waals surface area contributed by atoms with Gasteiger partial charge < -0.3 is 4.90 Å². The molecule has 0 radical (unpaired) electrons. The van der Waals surface area contributed by atoms with Crippen LogP contribution >= 0.6 is 0 Å². The molecule has 182 valence electrons. The van der Waals surface area contributed by atoms with Crippen LogP contribution in [0.25, 0.3) is 11.3 Å². The Labute approximate surface area is 199 Å². The molecule has 0 bridgehead atoms. The van der Waals surface area contributed by atoms with E-state index >= 15 is 0 Å². The number of benzene rings is 2. The number of hydrogen-bond acceptors (Lipinski definition) is 9. The largest absolute Gasteiger partial charge is 0.354 e. The third-order valence-corrected chi connectivity index (χ3v) is 7.59. The van der Waals surface area contributed by atoms with E-state index in [2.05, 4.69) is 9.97 Å². The SMILES string of the molecule is Cc1c([N+](=O)[O-])cc(S(=O)(=O)N2CCN(c3cc(-c4ccc(F)cc4)ncn3)CC2)cc1[N+](=O)[O-]. The van der Waals surface area contributed by atoms with Crippen molar-refractivity contribution < 1.29 is 22.7 Å². The first-order chi connectivity index (χ1) is 16.6. The maximum Gasteiger partial charge on any atom is 0.280 e. The van der Waals surface area contributed by atoms with Crippen molar-refractivity contribution in [2.45, 2.75) is 11.8 Å². The second-order valence-corrected chi connectivity index (χ2v) is 9.70. The lowest BCUT2D eigenvalue weighted by Gasteiger charge is -2.34. The summed E-state index contributed by atoms with van der Waals surface area (Å²) < 4.78 is 40.7. The zero-order chi connectivity index (χ0) is 25.3. The first-order valence-electron chi connectivity index (χ1n) is 10.3. The molecule has 0 spiro atoms. The predicted molar refractivity (Wildman–Crippen MR) is 123 cm³/mol. The minimum Gasteiger partial charge on any atom is -0.354 e. The van der Waals surface area contributed by atoms with Gasteiger partial charge in [-0.1, -0.05) is 0 Å². The van der Waals surface area contributed by atoms with E-state index in [4.69, 9.17) is 0 Å². The Morgan fingerprint density at radius 1 is 0.914 bits per heavy atom. The van der Waals surface area contributed by atoms with Gasteiger partial charge in [-0.3, -0.25) is 20.2 Å². The molecule has 0 N–H and O–H groups in total. The van der Waals surface area contributed by atoms with Crippen LogP contribution < -0.4 is 4.90 Å². The Bertz CT molecular complexity index is 1370. The molecule has 1 aromatic heterocycles. The van der Waals surface area contributed by atoms with Crippen LogP contribution in [0.4, 0.5) is 21.6 Å². The minimum absolute atomic E-state index is 0.0354. The molecule has 4 rings (SSSR count). The zero-order valence-corrected chi connectivity index (χ0v) is 19.2. The normalized spacial score (nSPS) is 14.6. The first-order valence-corrected chi connectivity index (χ1v) is 11.8. The van der Waals surface area contributed by atoms with Crippen molar-refractivity contribution in [3.63, 3.8) is 0 Å². The molecule has 0 atom stereocenters. The molecule has 0 unspecified atom stereocenters. The molecule has 1 saturated heterocycles. The van der Waals surface area contributed by atoms with Crippen LogP contribution in [0, 0.1) is 33.0 Å². The smallest absolute Gasteiger partial charge is 0.280 e. The average Bonchev–Trinajstić information content (AvgIpc) is 2.84. The summed E-state index contributed by atoms with van der Waals surface area (Å²) in [5.41, 5.74) is -0.218. The molecule has 14 heteroatoms. The molecule has 1 aliphatic rings. The van der Waals surface area contributed by atoms with Gasteiger partial charge in [0.25, 0.3) is 11.4 Å². The summed E-state index contributed by atoms with van der Waals surface area (Å²) in [5, 5.41) is 22.7. The summed E-state index contributed by atoms with van der Waals surface area (Å²) in [4.78, 5) is 30.8. The van der Waals surface area contributed by atoms with Gasteiger partial charge in [0.15, 0.2) is 0 Å². The molecule has 0 aliphatic carbocycles. The van der Waals surface area contributed by atoms with E-state index in [-0.39, 0.29) is 37.6 Å². The standard InChI is InChI=1S/C21H19FN6O6S/c1-14-19(27(29)30)10-17(11-20(14)28(31)32)35(33,34)26-8-6-25(7-9-26)21-12-18(23-13-24-21)15-2-4-16(22)5-3-15/h2-5,10-13H,6-9H2,1H3. The summed E-state index contributed by atoms with van der Waals surface area (Å²) >= 11 is 0. The second kappa shape index (κ2) is 9.31. The van der Waals surface area contributed by atoms with Crippen molar-refractivity contribution in [1.82, 2.24) is 14.3 Å². The number of nitrogens with zero attached hydrogens (tertiary/aromatic N) is 6. The number of aromatic nitrogens is 2. The van der Waals surface area contributed by atoms with Crippen LogP contribution in [0.15, 0.2) is 53.7 Å². The van der Waals surface area contributed by atoms with Crippen LogP contribution in [0.3, 0.4) is 0 Å². The Balaban J connectivity index is 1.55. The van der Waals surface area contributed by atoms with Crippen molar-refractivity contribution in [1.29, 1.82) is 0 Å². The Morgan fingerprint density at radius 2 is 1.49 bits per heavy atom. The summed E-state index contributed by atoms with van der Waals surface area (Å²) in [6.07, 6.45) is 1.36. The molecule has 12 nitrogen and oxygen atoms in total. The van der Waals surface area contributed by atoms with Gasteiger partial charge in [-0.2, -0.15) is 4.31 Å². The molecule has 2 heterocycles. The average molecular weight is 502 g/mol. The van der Waals surface area contributed by atoms with Gasteiger partial charge in [0, 0.05) is 49.9 Å². The fraction of sp³-hybridized carbons (Fsp3) is 0.238. The lowest BCUT2D eigenvalue weighted by atomic mass is 10.1.